The quantitative estimate of drug-likeness (QED) is 0.0905. The fourth-order valence-electron chi connectivity index (χ4n) is 2.01. The molecule has 0 aromatic carbocycles. The summed E-state index contributed by atoms with van der Waals surface area (Å²) < 4.78 is 46.7. The molecule has 12 nitrogen and oxygen atoms in total. The maximum Gasteiger partial charge on any atom is 0.305 e. The van der Waals surface area contributed by atoms with E-state index in [2.05, 4.69) is 4.74 Å². The van der Waals surface area contributed by atoms with Crippen molar-refractivity contribution in [3.05, 3.63) is 0 Å². The number of aliphatic hydroxyl groups excluding tert-OH is 2. The van der Waals surface area contributed by atoms with Gasteiger partial charge in [0.05, 0.1) is 106 Å². The van der Waals surface area contributed by atoms with E-state index in [1.165, 1.54) is 6.92 Å². The fraction of sp³-hybridized carbons (Fsp3) is 0.950. The average molecular weight is 473 g/mol. The van der Waals surface area contributed by atoms with E-state index in [1.54, 1.807) is 0 Å². The highest BCUT2D eigenvalue weighted by Gasteiger charge is 2.06. The van der Waals surface area contributed by atoms with Crippen LogP contribution < -0.4 is 0 Å². The van der Waals surface area contributed by atoms with E-state index in [4.69, 9.17) is 43.0 Å². The number of rotatable bonds is 26. The number of carbonyl (C=O) groups is 1. The molecule has 0 amide bonds. The van der Waals surface area contributed by atoms with Crippen LogP contribution in [0.4, 0.5) is 0 Å². The van der Waals surface area contributed by atoms with Crippen molar-refractivity contribution in [3.63, 3.8) is 0 Å². The van der Waals surface area contributed by atoms with Gasteiger partial charge in [0.15, 0.2) is 0 Å². The number of ether oxygens (including phenoxy) is 9. The molecule has 0 aliphatic heterocycles. The normalized spacial score (nSPS) is 12.2. The maximum atomic E-state index is 10.6. The lowest BCUT2D eigenvalue weighted by Gasteiger charge is -2.11. The fourth-order valence-corrected chi connectivity index (χ4v) is 2.01. The molecule has 0 bridgehead atoms. The van der Waals surface area contributed by atoms with Gasteiger partial charge < -0.3 is 52.8 Å². The summed E-state index contributed by atoms with van der Waals surface area (Å²) in [6.07, 6.45) is -1.25. The Labute approximate surface area is 189 Å². The van der Waals surface area contributed by atoms with Crippen molar-refractivity contribution >= 4 is 5.97 Å². The molecular weight excluding hydrogens is 432 g/mol. The van der Waals surface area contributed by atoms with Crippen molar-refractivity contribution in [2.75, 3.05) is 112 Å². The maximum absolute atomic E-state index is 10.6. The summed E-state index contributed by atoms with van der Waals surface area (Å²) in [5.74, 6) is -0.562. The Morgan fingerprint density at radius 1 is 0.562 bits per heavy atom. The van der Waals surface area contributed by atoms with Crippen LogP contribution in [0, 0.1) is 0 Å². The van der Waals surface area contributed by atoms with Crippen LogP contribution in [0.25, 0.3) is 0 Å². The molecule has 0 fully saturated rings. The van der Waals surface area contributed by atoms with Crippen molar-refractivity contribution in [2.45, 2.75) is 13.2 Å². The molecule has 1 unspecified atom stereocenters. The Bertz CT molecular complexity index is 386. The summed E-state index contributed by atoms with van der Waals surface area (Å²) >= 11 is 0. The summed E-state index contributed by atoms with van der Waals surface area (Å²) in [6.45, 7) is 7.76. The molecule has 0 spiro atoms. The van der Waals surface area contributed by atoms with Crippen LogP contribution in [0.5, 0.6) is 0 Å². The Morgan fingerprint density at radius 3 is 1.12 bits per heavy atom. The molecule has 12 heteroatoms. The van der Waals surface area contributed by atoms with Gasteiger partial charge in [0.2, 0.25) is 6.29 Å². The second-order valence-corrected chi connectivity index (χ2v) is 6.15. The van der Waals surface area contributed by atoms with Gasteiger partial charge in [0, 0.05) is 6.92 Å². The first-order chi connectivity index (χ1) is 15.7. The van der Waals surface area contributed by atoms with Crippen LogP contribution >= 0.6 is 0 Å². The van der Waals surface area contributed by atoms with E-state index < -0.39 is 12.3 Å². The minimum absolute atomic E-state index is 0.0196. The molecular formula is C20H40O12. The van der Waals surface area contributed by atoms with E-state index in [9.17, 15) is 9.90 Å². The van der Waals surface area contributed by atoms with Crippen LogP contribution in [0.15, 0.2) is 0 Å². The van der Waals surface area contributed by atoms with Crippen molar-refractivity contribution in [2.24, 2.45) is 0 Å². The van der Waals surface area contributed by atoms with Crippen LogP contribution in [0.2, 0.25) is 0 Å². The first-order valence-electron chi connectivity index (χ1n) is 10.7. The predicted octanol–water partition coefficient (Wildman–Crippen LogP) is -1.01. The number of hydrogen-bond acceptors (Lipinski definition) is 12. The molecule has 0 rings (SSSR count). The van der Waals surface area contributed by atoms with E-state index >= 15 is 0 Å². The van der Waals surface area contributed by atoms with Gasteiger partial charge in [0.1, 0.15) is 6.61 Å². The van der Waals surface area contributed by atoms with Crippen LogP contribution in [-0.2, 0) is 47.4 Å². The highest BCUT2D eigenvalue weighted by atomic mass is 16.7. The molecule has 0 heterocycles. The number of aliphatic hydroxyl groups is 2. The number of esters is 1. The summed E-state index contributed by atoms with van der Waals surface area (Å²) in [5, 5.41) is 17.8. The Morgan fingerprint density at radius 2 is 0.844 bits per heavy atom. The summed E-state index contributed by atoms with van der Waals surface area (Å²) in [5.41, 5.74) is 0. The first kappa shape index (κ1) is 31.1. The van der Waals surface area contributed by atoms with Crippen LogP contribution in [0.1, 0.15) is 6.92 Å². The van der Waals surface area contributed by atoms with Crippen molar-refractivity contribution in [3.8, 4) is 0 Å². The molecule has 192 valence electrons. The summed E-state index contributed by atoms with van der Waals surface area (Å²) in [7, 11) is 0. The van der Waals surface area contributed by atoms with E-state index in [-0.39, 0.29) is 19.8 Å². The van der Waals surface area contributed by atoms with Crippen molar-refractivity contribution in [1.82, 2.24) is 0 Å². The highest BCUT2D eigenvalue weighted by Crippen LogP contribution is 1.90. The van der Waals surface area contributed by atoms with Crippen molar-refractivity contribution < 1.29 is 57.6 Å². The lowest BCUT2D eigenvalue weighted by atomic mass is 10.6. The average Bonchev–Trinajstić information content (AvgIpc) is 2.76. The molecule has 0 aromatic rings. The monoisotopic (exact) mass is 472 g/mol. The highest BCUT2D eigenvalue weighted by molar-refractivity contribution is 5.65. The third-order valence-electron chi connectivity index (χ3n) is 3.40. The standard InChI is InChI=1S/C20H40O12/c1-19(22)32-20(23)18-31-17-16-30-15-14-29-13-12-28-11-10-27-9-8-26-7-6-25-5-4-24-3-2-21/h20-21,23H,2-18H2,1H3. The molecule has 0 saturated heterocycles. The SMILES string of the molecule is CC(=O)OC(O)COCCOCCOCCOCCOCCOCCOCCOCCO. The summed E-state index contributed by atoms with van der Waals surface area (Å²) in [6, 6.07) is 0. The van der Waals surface area contributed by atoms with Crippen molar-refractivity contribution in [1.29, 1.82) is 0 Å². The topological polar surface area (TPSA) is 141 Å². The Hall–Kier alpha value is -0.930. The lowest BCUT2D eigenvalue weighted by molar-refractivity contribution is -0.175. The molecule has 0 radical (unpaired) electrons. The summed E-state index contributed by atoms with van der Waals surface area (Å²) in [4.78, 5) is 10.6. The number of hydrogen-bond donors (Lipinski definition) is 2. The molecule has 0 aliphatic carbocycles. The second kappa shape index (κ2) is 26.3. The van der Waals surface area contributed by atoms with Gasteiger partial charge in [-0.1, -0.05) is 0 Å². The van der Waals surface area contributed by atoms with Gasteiger partial charge in [-0.3, -0.25) is 4.79 Å². The molecule has 0 aromatic heterocycles. The minimum Gasteiger partial charge on any atom is -0.434 e. The van der Waals surface area contributed by atoms with Gasteiger partial charge in [-0.2, -0.15) is 0 Å². The Kier molecular flexibility index (Phi) is 25.6. The Balaban J connectivity index is 3.06. The predicted molar refractivity (Wildman–Crippen MR) is 111 cm³/mol. The van der Waals surface area contributed by atoms with Gasteiger partial charge in [-0.15, -0.1) is 0 Å². The van der Waals surface area contributed by atoms with E-state index in [1.807, 2.05) is 0 Å². The smallest absolute Gasteiger partial charge is 0.305 e. The molecule has 1 atom stereocenters. The van der Waals surface area contributed by atoms with Gasteiger partial charge in [-0.25, -0.2) is 0 Å². The van der Waals surface area contributed by atoms with E-state index in [0.717, 1.165) is 0 Å². The van der Waals surface area contributed by atoms with Gasteiger partial charge >= 0.3 is 5.97 Å². The van der Waals surface area contributed by atoms with Crippen LogP contribution in [0.3, 0.4) is 0 Å². The van der Waals surface area contributed by atoms with E-state index in [0.29, 0.717) is 92.5 Å². The largest absolute Gasteiger partial charge is 0.434 e. The zero-order valence-electron chi connectivity index (χ0n) is 19.1. The molecule has 2 N–H and O–H groups in total. The second-order valence-electron chi connectivity index (χ2n) is 6.15. The van der Waals surface area contributed by atoms with Crippen LogP contribution in [-0.4, -0.2) is 135 Å². The lowest BCUT2D eigenvalue weighted by Crippen LogP contribution is -2.22. The third-order valence-corrected chi connectivity index (χ3v) is 3.40. The van der Waals surface area contributed by atoms with Gasteiger partial charge in [0.25, 0.3) is 0 Å². The number of carbonyl (C=O) groups excluding carboxylic acids is 1. The minimum atomic E-state index is -1.25. The zero-order chi connectivity index (χ0) is 23.5. The van der Waals surface area contributed by atoms with Gasteiger partial charge in [-0.05, 0) is 0 Å². The third kappa shape index (κ3) is 27.1. The zero-order valence-corrected chi connectivity index (χ0v) is 19.1. The molecule has 32 heavy (non-hydrogen) atoms. The molecule has 0 saturated carbocycles. The molecule has 0 aliphatic rings. The first-order valence-corrected chi connectivity index (χ1v) is 10.7.